The van der Waals surface area contributed by atoms with Crippen molar-refractivity contribution in [1.29, 1.82) is 0 Å². The summed E-state index contributed by atoms with van der Waals surface area (Å²) in [6, 6.07) is 0. The molecule has 1 aliphatic heterocycles. The predicted molar refractivity (Wildman–Crippen MR) is 75.9 cm³/mol. The van der Waals surface area contributed by atoms with Crippen LogP contribution in [0.1, 0.15) is 48.0 Å². The van der Waals surface area contributed by atoms with Crippen molar-refractivity contribution in [2.24, 2.45) is 0 Å². The van der Waals surface area contributed by atoms with Gasteiger partial charge in [0.2, 0.25) is 0 Å². The summed E-state index contributed by atoms with van der Waals surface area (Å²) in [5, 5.41) is 0. The lowest BCUT2D eigenvalue weighted by atomic mass is 10.3. The van der Waals surface area contributed by atoms with Gasteiger partial charge in [0.1, 0.15) is 5.76 Å². The SMILES string of the molecule is C=C(C)/C=C\C1=C(C)OCCCO1.CC.CC. The lowest BCUT2D eigenvalue weighted by Crippen LogP contribution is -1.91. The molecule has 2 nitrogen and oxygen atoms in total. The highest BCUT2D eigenvalue weighted by Crippen LogP contribution is 2.14. The molecule has 0 aromatic heterocycles. The third kappa shape index (κ3) is 9.73. The zero-order valence-corrected chi connectivity index (χ0v) is 12.3. The smallest absolute Gasteiger partial charge is 0.156 e. The molecule has 0 amide bonds. The van der Waals surface area contributed by atoms with Crippen LogP contribution in [0.4, 0.5) is 0 Å². The molecule has 0 radical (unpaired) electrons. The Morgan fingerprint density at radius 2 is 1.65 bits per heavy atom. The van der Waals surface area contributed by atoms with Gasteiger partial charge in [-0.1, -0.05) is 45.9 Å². The highest BCUT2D eigenvalue weighted by atomic mass is 16.5. The normalized spacial score (nSPS) is 14.5. The maximum atomic E-state index is 5.49. The summed E-state index contributed by atoms with van der Waals surface area (Å²) >= 11 is 0. The third-order valence-corrected chi connectivity index (χ3v) is 1.73. The van der Waals surface area contributed by atoms with Gasteiger partial charge < -0.3 is 9.47 Å². The molecule has 0 atom stereocenters. The molecule has 0 unspecified atom stereocenters. The summed E-state index contributed by atoms with van der Waals surface area (Å²) in [6.45, 7) is 17.1. The average molecular weight is 240 g/mol. The topological polar surface area (TPSA) is 18.5 Å². The van der Waals surface area contributed by atoms with Crippen LogP contribution in [0.2, 0.25) is 0 Å². The van der Waals surface area contributed by atoms with Gasteiger partial charge in [-0.25, -0.2) is 0 Å². The van der Waals surface area contributed by atoms with Crippen LogP contribution >= 0.6 is 0 Å². The van der Waals surface area contributed by atoms with Crippen LogP contribution in [0.25, 0.3) is 0 Å². The highest BCUT2D eigenvalue weighted by molar-refractivity contribution is 5.23. The fraction of sp³-hybridized carbons (Fsp3) is 0.600. The standard InChI is InChI=1S/C11H16O2.2C2H6/c1-9(2)5-6-11-10(3)12-7-4-8-13-11;2*1-2/h5-6H,1,4,7-8H2,2-3H3;2*1-2H3/b6-5-;;. The number of ether oxygens (including phenoxy) is 2. The van der Waals surface area contributed by atoms with Crippen molar-refractivity contribution in [1.82, 2.24) is 0 Å². The van der Waals surface area contributed by atoms with E-state index in [-0.39, 0.29) is 0 Å². The summed E-state index contributed by atoms with van der Waals surface area (Å²) in [4.78, 5) is 0. The van der Waals surface area contributed by atoms with E-state index in [1.807, 2.05) is 53.7 Å². The molecule has 0 aliphatic carbocycles. The van der Waals surface area contributed by atoms with Crippen molar-refractivity contribution >= 4 is 0 Å². The molecule has 17 heavy (non-hydrogen) atoms. The van der Waals surface area contributed by atoms with Crippen LogP contribution in [-0.2, 0) is 9.47 Å². The fourth-order valence-electron chi connectivity index (χ4n) is 1.02. The quantitative estimate of drug-likeness (QED) is 0.643. The first-order valence-corrected chi connectivity index (χ1v) is 6.50. The van der Waals surface area contributed by atoms with Gasteiger partial charge in [0.25, 0.3) is 0 Å². The van der Waals surface area contributed by atoms with Gasteiger partial charge in [0.05, 0.1) is 13.2 Å². The van der Waals surface area contributed by atoms with Gasteiger partial charge >= 0.3 is 0 Å². The van der Waals surface area contributed by atoms with Crippen molar-refractivity contribution in [3.8, 4) is 0 Å². The van der Waals surface area contributed by atoms with E-state index in [1.165, 1.54) is 0 Å². The zero-order valence-electron chi connectivity index (χ0n) is 12.3. The van der Waals surface area contributed by atoms with E-state index in [4.69, 9.17) is 9.47 Å². The first-order chi connectivity index (χ1) is 8.20. The monoisotopic (exact) mass is 240 g/mol. The summed E-state index contributed by atoms with van der Waals surface area (Å²) in [5.74, 6) is 1.68. The summed E-state index contributed by atoms with van der Waals surface area (Å²) < 4.78 is 10.9. The van der Waals surface area contributed by atoms with E-state index >= 15 is 0 Å². The second-order valence-corrected chi connectivity index (χ2v) is 3.15. The molecule has 0 fully saturated rings. The van der Waals surface area contributed by atoms with E-state index in [0.29, 0.717) is 0 Å². The maximum absolute atomic E-state index is 5.49. The molecule has 0 aromatic carbocycles. The molecule has 1 aliphatic rings. The minimum absolute atomic E-state index is 0.729. The van der Waals surface area contributed by atoms with E-state index in [1.54, 1.807) is 0 Å². The van der Waals surface area contributed by atoms with Crippen LogP contribution in [0.3, 0.4) is 0 Å². The van der Waals surface area contributed by atoms with Crippen molar-refractivity contribution in [3.63, 3.8) is 0 Å². The van der Waals surface area contributed by atoms with Crippen molar-refractivity contribution in [2.75, 3.05) is 13.2 Å². The van der Waals surface area contributed by atoms with Gasteiger partial charge in [-0.2, -0.15) is 0 Å². The van der Waals surface area contributed by atoms with E-state index in [2.05, 4.69) is 6.58 Å². The van der Waals surface area contributed by atoms with Crippen LogP contribution in [0, 0.1) is 0 Å². The van der Waals surface area contributed by atoms with Gasteiger partial charge in [-0.15, -0.1) is 0 Å². The van der Waals surface area contributed by atoms with Gasteiger partial charge in [0.15, 0.2) is 5.76 Å². The van der Waals surface area contributed by atoms with Crippen LogP contribution < -0.4 is 0 Å². The predicted octanol–water partition coefficient (Wildman–Crippen LogP) is 4.84. The van der Waals surface area contributed by atoms with Crippen LogP contribution in [0.5, 0.6) is 0 Å². The summed E-state index contributed by atoms with van der Waals surface area (Å²) in [7, 11) is 0. The average Bonchev–Trinajstić information content (AvgIpc) is 2.56. The molecule has 0 saturated heterocycles. The largest absolute Gasteiger partial charge is 0.494 e. The lowest BCUT2D eigenvalue weighted by Gasteiger charge is -2.04. The number of hydrogen-bond donors (Lipinski definition) is 0. The molecule has 0 spiro atoms. The molecule has 0 aromatic rings. The van der Waals surface area contributed by atoms with Crippen molar-refractivity contribution in [2.45, 2.75) is 48.0 Å². The third-order valence-electron chi connectivity index (χ3n) is 1.73. The number of allylic oxidation sites excluding steroid dienone is 4. The highest BCUT2D eigenvalue weighted by Gasteiger charge is 2.06. The Bertz CT molecular complexity index is 250. The Morgan fingerprint density at radius 1 is 1.12 bits per heavy atom. The maximum Gasteiger partial charge on any atom is 0.156 e. The van der Waals surface area contributed by atoms with Crippen molar-refractivity contribution < 1.29 is 9.47 Å². The molecule has 1 rings (SSSR count). The first-order valence-electron chi connectivity index (χ1n) is 6.50. The van der Waals surface area contributed by atoms with Gasteiger partial charge in [-0.3, -0.25) is 0 Å². The van der Waals surface area contributed by atoms with E-state index < -0.39 is 0 Å². The molecule has 1 heterocycles. The Morgan fingerprint density at radius 3 is 2.18 bits per heavy atom. The molecular formula is C15H28O2. The summed E-state index contributed by atoms with van der Waals surface area (Å²) in [5.41, 5.74) is 1.01. The van der Waals surface area contributed by atoms with E-state index in [0.717, 1.165) is 36.7 Å². The summed E-state index contributed by atoms with van der Waals surface area (Å²) in [6.07, 6.45) is 4.78. The van der Waals surface area contributed by atoms with Crippen molar-refractivity contribution in [3.05, 3.63) is 35.8 Å². The number of rotatable bonds is 2. The van der Waals surface area contributed by atoms with Crippen LogP contribution in [-0.4, -0.2) is 13.2 Å². The first kappa shape index (κ1) is 18.2. The minimum atomic E-state index is 0.729. The number of hydrogen-bond acceptors (Lipinski definition) is 2. The Kier molecular flexibility index (Phi) is 13.8. The second-order valence-electron chi connectivity index (χ2n) is 3.15. The van der Waals surface area contributed by atoms with E-state index in [9.17, 15) is 0 Å². The molecular weight excluding hydrogens is 212 g/mol. The Labute approximate surface area is 107 Å². The molecule has 0 saturated carbocycles. The molecule has 0 bridgehead atoms. The lowest BCUT2D eigenvalue weighted by molar-refractivity contribution is 0.210. The molecule has 2 heteroatoms. The minimum Gasteiger partial charge on any atom is -0.494 e. The Balaban J connectivity index is 0. The molecule has 100 valence electrons. The second kappa shape index (κ2) is 12.9. The zero-order chi connectivity index (χ0) is 13.7. The Hall–Kier alpha value is -1.18. The molecule has 0 N–H and O–H groups in total. The van der Waals surface area contributed by atoms with Gasteiger partial charge in [-0.05, 0) is 19.9 Å². The van der Waals surface area contributed by atoms with Crippen LogP contribution in [0.15, 0.2) is 35.8 Å². The van der Waals surface area contributed by atoms with Gasteiger partial charge in [0, 0.05) is 6.42 Å². The fourth-order valence-corrected chi connectivity index (χ4v) is 1.02.